The van der Waals surface area contributed by atoms with Gasteiger partial charge in [-0.15, -0.1) is 11.3 Å². The maximum absolute atomic E-state index is 11.2. The van der Waals surface area contributed by atoms with Gasteiger partial charge in [-0.1, -0.05) is 29.4 Å². The number of carboxylic acid groups (broad SMARTS) is 1. The van der Waals surface area contributed by atoms with Crippen LogP contribution in [0.2, 0.25) is 0 Å². The van der Waals surface area contributed by atoms with Crippen molar-refractivity contribution in [2.45, 2.75) is 26.7 Å². The van der Waals surface area contributed by atoms with Crippen molar-refractivity contribution >= 4 is 23.0 Å². The smallest absolute Gasteiger partial charge is 0.307 e. The zero-order valence-corrected chi connectivity index (χ0v) is 16.7. The Morgan fingerprint density at radius 2 is 2.19 bits per heavy atom. The van der Waals surface area contributed by atoms with Crippen LogP contribution in [-0.4, -0.2) is 47.9 Å². The minimum Gasteiger partial charge on any atom is -0.481 e. The summed E-state index contributed by atoms with van der Waals surface area (Å²) in [6, 6.07) is 10.3. The first-order valence-electron chi connectivity index (χ1n) is 9.31. The van der Waals surface area contributed by atoms with E-state index in [4.69, 9.17) is 4.84 Å². The van der Waals surface area contributed by atoms with Gasteiger partial charge in [0.15, 0.2) is 0 Å². The second-order valence-corrected chi connectivity index (χ2v) is 7.97. The molecule has 0 spiro atoms. The maximum Gasteiger partial charge on any atom is 0.307 e. The van der Waals surface area contributed by atoms with Crippen molar-refractivity contribution in [2.75, 3.05) is 26.2 Å². The zero-order valence-electron chi connectivity index (χ0n) is 15.9. The molecule has 144 valence electrons. The third kappa shape index (κ3) is 5.17. The molecule has 1 N–H and O–H groups in total. The van der Waals surface area contributed by atoms with Crippen LogP contribution in [0.3, 0.4) is 0 Å². The molecule has 1 saturated heterocycles. The lowest BCUT2D eigenvalue weighted by Crippen LogP contribution is -2.40. The van der Waals surface area contributed by atoms with Crippen LogP contribution < -0.4 is 0 Å². The van der Waals surface area contributed by atoms with Gasteiger partial charge in [-0.2, -0.15) is 0 Å². The lowest BCUT2D eigenvalue weighted by atomic mass is 9.98. The van der Waals surface area contributed by atoms with E-state index in [1.54, 1.807) is 11.3 Å². The molecule has 0 unspecified atom stereocenters. The molecular weight excluding hydrogens is 360 g/mol. The number of oxime groups is 1. The first kappa shape index (κ1) is 19.6. The van der Waals surface area contributed by atoms with Crippen LogP contribution in [0.5, 0.6) is 0 Å². The molecule has 2 heterocycles. The summed E-state index contributed by atoms with van der Waals surface area (Å²) in [5, 5.41) is 15.8. The number of hydrogen-bond acceptors (Lipinski definition) is 5. The van der Waals surface area contributed by atoms with Gasteiger partial charge in [0, 0.05) is 18.7 Å². The Labute approximate surface area is 164 Å². The summed E-state index contributed by atoms with van der Waals surface area (Å²) >= 11 is 1.66. The van der Waals surface area contributed by atoms with Crippen molar-refractivity contribution in [3.05, 3.63) is 57.3 Å². The number of nitrogens with zero attached hydrogens (tertiary/aromatic N) is 2. The summed E-state index contributed by atoms with van der Waals surface area (Å²) in [7, 11) is 0. The molecular formula is C21H26N2O3S. The van der Waals surface area contributed by atoms with Gasteiger partial charge in [0.25, 0.3) is 0 Å². The van der Waals surface area contributed by atoms with Crippen LogP contribution in [0, 0.1) is 19.8 Å². The molecule has 27 heavy (non-hydrogen) atoms. The standard InChI is InChI=1S/C21H26N2O3S/c1-15-12-19(27-14-15)20(18-8-4-3-6-16(18)2)22-26-11-10-23-9-5-7-17(13-23)21(24)25/h3-4,6,8,12,14,17H,5,7,9-11,13H2,1-2H3,(H,24,25)/b22-20-/t17-/m1/s1. The fraction of sp³-hybridized carbons (Fsp3) is 0.429. The largest absolute Gasteiger partial charge is 0.481 e. The summed E-state index contributed by atoms with van der Waals surface area (Å²) in [6.45, 7) is 6.81. The molecule has 0 bridgehead atoms. The number of hydrogen-bond donors (Lipinski definition) is 1. The maximum atomic E-state index is 11.2. The fourth-order valence-electron chi connectivity index (χ4n) is 3.36. The van der Waals surface area contributed by atoms with Crippen LogP contribution in [0.25, 0.3) is 0 Å². The van der Waals surface area contributed by atoms with E-state index in [9.17, 15) is 9.90 Å². The highest BCUT2D eigenvalue weighted by Crippen LogP contribution is 2.21. The van der Waals surface area contributed by atoms with Gasteiger partial charge in [-0.05, 0) is 55.8 Å². The third-order valence-electron chi connectivity index (χ3n) is 4.87. The van der Waals surface area contributed by atoms with Crippen LogP contribution in [-0.2, 0) is 9.63 Å². The highest BCUT2D eigenvalue weighted by molar-refractivity contribution is 7.12. The average Bonchev–Trinajstić information content (AvgIpc) is 3.09. The van der Waals surface area contributed by atoms with Gasteiger partial charge in [0.2, 0.25) is 0 Å². The van der Waals surface area contributed by atoms with E-state index in [-0.39, 0.29) is 5.92 Å². The van der Waals surface area contributed by atoms with Gasteiger partial charge in [0.1, 0.15) is 12.3 Å². The van der Waals surface area contributed by atoms with Crippen molar-refractivity contribution < 1.29 is 14.7 Å². The molecule has 6 heteroatoms. The van der Waals surface area contributed by atoms with Gasteiger partial charge >= 0.3 is 5.97 Å². The lowest BCUT2D eigenvalue weighted by molar-refractivity contribution is -0.143. The second kappa shape index (κ2) is 9.15. The molecule has 1 aliphatic heterocycles. The Kier molecular flexibility index (Phi) is 6.63. The van der Waals surface area contributed by atoms with Gasteiger partial charge in [0.05, 0.1) is 10.8 Å². The summed E-state index contributed by atoms with van der Waals surface area (Å²) in [6.07, 6.45) is 1.68. The van der Waals surface area contributed by atoms with E-state index < -0.39 is 5.97 Å². The molecule has 3 rings (SSSR count). The van der Waals surface area contributed by atoms with Crippen LogP contribution in [0.15, 0.2) is 40.9 Å². The van der Waals surface area contributed by atoms with Crippen LogP contribution in [0.4, 0.5) is 0 Å². The number of rotatable bonds is 7. The number of aliphatic carboxylic acids is 1. The molecule has 0 radical (unpaired) electrons. The number of benzene rings is 1. The first-order valence-corrected chi connectivity index (χ1v) is 10.2. The Bertz CT molecular complexity index is 815. The summed E-state index contributed by atoms with van der Waals surface area (Å²) in [5.41, 5.74) is 4.30. The van der Waals surface area contributed by atoms with E-state index in [0.717, 1.165) is 41.1 Å². The molecule has 0 saturated carbocycles. The average molecular weight is 387 g/mol. The minimum absolute atomic E-state index is 0.265. The predicted molar refractivity (Wildman–Crippen MR) is 109 cm³/mol. The molecule has 1 fully saturated rings. The van der Waals surface area contributed by atoms with Crippen molar-refractivity contribution in [3.8, 4) is 0 Å². The summed E-state index contributed by atoms with van der Waals surface area (Å²) in [4.78, 5) is 20.1. The Morgan fingerprint density at radius 3 is 2.89 bits per heavy atom. The van der Waals surface area contributed by atoms with E-state index in [0.29, 0.717) is 19.7 Å². The van der Waals surface area contributed by atoms with Gasteiger partial charge < -0.3 is 9.94 Å². The number of thiophene rings is 1. The van der Waals surface area contributed by atoms with Gasteiger partial charge in [-0.25, -0.2) is 0 Å². The number of likely N-dealkylation sites (tertiary alicyclic amines) is 1. The third-order valence-corrected chi connectivity index (χ3v) is 5.93. The van der Waals surface area contributed by atoms with Crippen molar-refractivity contribution in [1.82, 2.24) is 4.90 Å². The Morgan fingerprint density at radius 1 is 1.37 bits per heavy atom. The quantitative estimate of drug-likeness (QED) is 0.445. The zero-order chi connectivity index (χ0) is 19.2. The molecule has 1 aromatic heterocycles. The summed E-state index contributed by atoms with van der Waals surface area (Å²) < 4.78 is 0. The van der Waals surface area contributed by atoms with E-state index >= 15 is 0 Å². The number of piperidine rings is 1. The van der Waals surface area contributed by atoms with Crippen molar-refractivity contribution in [3.63, 3.8) is 0 Å². The lowest BCUT2D eigenvalue weighted by Gasteiger charge is -2.29. The number of carboxylic acids is 1. The number of carbonyl (C=O) groups is 1. The minimum atomic E-state index is -0.700. The topological polar surface area (TPSA) is 62.1 Å². The normalized spacial score (nSPS) is 18.4. The predicted octanol–water partition coefficient (Wildman–Crippen LogP) is 3.93. The molecule has 2 aromatic rings. The molecule has 1 atom stereocenters. The van der Waals surface area contributed by atoms with Crippen LogP contribution in [0.1, 0.15) is 34.4 Å². The monoisotopic (exact) mass is 386 g/mol. The molecule has 5 nitrogen and oxygen atoms in total. The van der Waals surface area contributed by atoms with Crippen molar-refractivity contribution in [2.24, 2.45) is 11.1 Å². The highest BCUT2D eigenvalue weighted by atomic mass is 32.1. The molecule has 0 aliphatic carbocycles. The van der Waals surface area contributed by atoms with E-state index in [1.807, 2.05) is 12.1 Å². The Balaban J connectivity index is 1.66. The highest BCUT2D eigenvalue weighted by Gasteiger charge is 2.25. The van der Waals surface area contributed by atoms with Gasteiger partial charge in [-0.3, -0.25) is 9.69 Å². The summed E-state index contributed by atoms with van der Waals surface area (Å²) in [5.74, 6) is -0.965. The molecule has 1 aliphatic rings. The molecule has 0 amide bonds. The fourth-order valence-corrected chi connectivity index (χ4v) is 4.25. The van der Waals surface area contributed by atoms with E-state index in [1.165, 1.54) is 5.56 Å². The second-order valence-electron chi connectivity index (χ2n) is 7.05. The first-order chi connectivity index (χ1) is 13.0. The SMILES string of the molecule is Cc1csc(/C(=N\OCCN2CCC[C@@H](C(=O)O)C2)c2ccccc2C)c1. The number of aryl methyl sites for hydroxylation is 2. The van der Waals surface area contributed by atoms with E-state index in [2.05, 4.69) is 47.5 Å². The molecule has 1 aromatic carbocycles. The van der Waals surface area contributed by atoms with Crippen molar-refractivity contribution in [1.29, 1.82) is 0 Å². The van der Waals surface area contributed by atoms with Crippen LogP contribution >= 0.6 is 11.3 Å². The Hall–Kier alpha value is -2.18.